The highest BCUT2D eigenvalue weighted by atomic mass is 19.1. The van der Waals surface area contributed by atoms with Crippen molar-refractivity contribution in [3.63, 3.8) is 0 Å². The molecule has 0 N–H and O–H groups in total. The Bertz CT molecular complexity index is 1170. The number of halogens is 1. The van der Waals surface area contributed by atoms with Gasteiger partial charge in [0.2, 0.25) is 6.41 Å². The first-order chi connectivity index (χ1) is 17.0. The smallest absolute Gasteiger partial charge is 0.254 e. The summed E-state index contributed by atoms with van der Waals surface area (Å²) in [7, 11) is 0. The Morgan fingerprint density at radius 3 is 2.54 bits per heavy atom. The van der Waals surface area contributed by atoms with E-state index in [9.17, 15) is 14.0 Å². The quantitative estimate of drug-likeness (QED) is 0.501. The molecule has 2 aromatic rings. The summed E-state index contributed by atoms with van der Waals surface area (Å²) >= 11 is 0. The number of fused-ring (bicyclic) bond motifs is 2. The van der Waals surface area contributed by atoms with E-state index in [1.165, 1.54) is 42.5 Å². The van der Waals surface area contributed by atoms with Crippen molar-refractivity contribution < 1.29 is 14.0 Å². The van der Waals surface area contributed by atoms with Gasteiger partial charge in [0, 0.05) is 30.1 Å². The molecule has 0 bridgehead atoms. The molecular weight excluding hydrogens is 441 g/mol. The van der Waals surface area contributed by atoms with Gasteiger partial charge in [-0.2, -0.15) is 0 Å². The van der Waals surface area contributed by atoms with Crippen molar-refractivity contribution in [2.45, 2.75) is 68.1 Å². The first-order valence-corrected chi connectivity index (χ1v) is 13.2. The van der Waals surface area contributed by atoms with Gasteiger partial charge in [0.1, 0.15) is 5.82 Å². The molecule has 7 rings (SSSR count). The number of hydrogen-bond donors (Lipinski definition) is 0. The molecule has 5 aliphatic rings. The van der Waals surface area contributed by atoms with E-state index in [-0.39, 0.29) is 22.7 Å². The van der Waals surface area contributed by atoms with Crippen LogP contribution in [0, 0.1) is 11.7 Å². The van der Waals surface area contributed by atoms with Crippen LogP contribution >= 0.6 is 0 Å². The summed E-state index contributed by atoms with van der Waals surface area (Å²) in [5.41, 5.74) is 3.33. The average molecular weight is 474 g/mol. The second-order valence-corrected chi connectivity index (χ2v) is 11.5. The van der Waals surface area contributed by atoms with E-state index in [1.54, 1.807) is 12.1 Å². The summed E-state index contributed by atoms with van der Waals surface area (Å²) in [6.07, 6.45) is 7.99. The monoisotopic (exact) mass is 473 g/mol. The lowest BCUT2D eigenvalue weighted by Gasteiger charge is -2.49. The molecule has 2 spiro atoms. The lowest BCUT2D eigenvalue weighted by Crippen LogP contribution is -2.54. The van der Waals surface area contributed by atoms with Crippen LogP contribution in [0.4, 0.5) is 4.39 Å². The number of likely N-dealkylation sites (tertiary alicyclic amines) is 2. The lowest BCUT2D eigenvalue weighted by molar-refractivity contribution is -0.115. The number of nitrogens with zero attached hydrogens (tertiary/aromatic N) is 3. The molecule has 4 atom stereocenters. The van der Waals surface area contributed by atoms with Crippen LogP contribution in [0.2, 0.25) is 0 Å². The van der Waals surface area contributed by atoms with Gasteiger partial charge in [-0.05, 0) is 92.9 Å². The third kappa shape index (κ3) is 3.08. The van der Waals surface area contributed by atoms with Crippen LogP contribution in [0.5, 0.6) is 0 Å². The minimum atomic E-state index is -0.321. The summed E-state index contributed by atoms with van der Waals surface area (Å²) in [5.74, 6) is 0.342. The molecule has 3 heterocycles. The largest absolute Gasteiger partial charge is 0.333 e. The lowest BCUT2D eigenvalue weighted by atomic mass is 9.68. The van der Waals surface area contributed by atoms with Crippen molar-refractivity contribution in [1.29, 1.82) is 0 Å². The molecule has 35 heavy (non-hydrogen) atoms. The van der Waals surface area contributed by atoms with E-state index in [1.807, 2.05) is 4.90 Å². The molecule has 2 saturated heterocycles. The predicted molar refractivity (Wildman–Crippen MR) is 130 cm³/mol. The highest BCUT2D eigenvalue weighted by molar-refractivity contribution is 5.94. The van der Waals surface area contributed by atoms with E-state index in [0.717, 1.165) is 38.8 Å². The average Bonchev–Trinajstić information content (AvgIpc) is 3.13. The van der Waals surface area contributed by atoms with Crippen molar-refractivity contribution in [2.75, 3.05) is 19.6 Å². The third-order valence-corrected chi connectivity index (χ3v) is 10.1. The van der Waals surface area contributed by atoms with Gasteiger partial charge in [0.15, 0.2) is 0 Å². The number of amides is 2. The second kappa shape index (κ2) is 7.63. The van der Waals surface area contributed by atoms with E-state index >= 15 is 0 Å². The zero-order valence-electron chi connectivity index (χ0n) is 20.0. The molecule has 6 heteroatoms. The Labute approximate surface area is 205 Å². The maximum atomic E-state index is 13.4. The molecule has 4 fully saturated rings. The van der Waals surface area contributed by atoms with Gasteiger partial charge in [-0.3, -0.25) is 9.59 Å². The van der Waals surface area contributed by atoms with Crippen molar-refractivity contribution in [3.8, 4) is 0 Å². The number of carbonyl (C=O) groups excluding carboxylic acids is 2. The Morgan fingerprint density at radius 1 is 1.03 bits per heavy atom. The molecule has 5 nitrogen and oxygen atoms in total. The van der Waals surface area contributed by atoms with Gasteiger partial charge >= 0.3 is 0 Å². The first-order valence-electron chi connectivity index (χ1n) is 13.2. The van der Waals surface area contributed by atoms with Crippen molar-refractivity contribution >= 4 is 12.3 Å². The first kappa shape index (κ1) is 21.5. The van der Waals surface area contributed by atoms with Crippen molar-refractivity contribution in [2.24, 2.45) is 5.92 Å². The number of piperidine rings is 2. The summed E-state index contributed by atoms with van der Waals surface area (Å²) in [6, 6.07) is 15.6. The van der Waals surface area contributed by atoms with Crippen molar-refractivity contribution in [3.05, 3.63) is 71.0 Å². The molecule has 2 aromatic carbocycles. The summed E-state index contributed by atoms with van der Waals surface area (Å²) in [5, 5.41) is 0. The van der Waals surface area contributed by atoms with E-state index in [2.05, 4.69) is 34.1 Å². The normalized spacial score (nSPS) is 32.8. The highest BCUT2D eigenvalue weighted by Crippen LogP contribution is 2.64. The zero-order valence-corrected chi connectivity index (χ0v) is 20.0. The van der Waals surface area contributed by atoms with Crippen LogP contribution in [0.15, 0.2) is 48.5 Å². The minimum absolute atomic E-state index is 0.0160. The van der Waals surface area contributed by atoms with Crippen LogP contribution in [0.3, 0.4) is 0 Å². The molecular formula is C29H32FN3O2. The molecule has 0 aromatic heterocycles. The van der Waals surface area contributed by atoms with Gasteiger partial charge < -0.3 is 14.7 Å². The Hall–Kier alpha value is -2.73. The number of carbonyl (C=O) groups is 2. The molecule has 2 amide bonds. The Kier molecular flexibility index (Phi) is 4.70. The molecule has 2 aliphatic carbocycles. The van der Waals surface area contributed by atoms with Gasteiger partial charge in [-0.25, -0.2) is 4.39 Å². The summed E-state index contributed by atoms with van der Waals surface area (Å²) < 4.78 is 13.4. The van der Waals surface area contributed by atoms with Crippen molar-refractivity contribution in [1.82, 2.24) is 14.7 Å². The topological polar surface area (TPSA) is 43.6 Å². The van der Waals surface area contributed by atoms with Gasteiger partial charge in [-0.15, -0.1) is 0 Å². The van der Waals surface area contributed by atoms with Gasteiger partial charge in [0.25, 0.3) is 5.91 Å². The summed E-state index contributed by atoms with van der Waals surface area (Å²) in [6.45, 7) is 3.39. The fourth-order valence-electron chi connectivity index (χ4n) is 8.44. The Balaban J connectivity index is 1.11. The zero-order chi connectivity index (χ0) is 23.8. The molecule has 182 valence electrons. The van der Waals surface area contributed by atoms with Crippen LogP contribution in [0.25, 0.3) is 0 Å². The molecule has 3 unspecified atom stereocenters. The van der Waals surface area contributed by atoms with Gasteiger partial charge in [-0.1, -0.05) is 24.3 Å². The van der Waals surface area contributed by atoms with Crippen LogP contribution in [-0.2, 0) is 16.8 Å². The number of rotatable bonds is 3. The summed E-state index contributed by atoms with van der Waals surface area (Å²) in [4.78, 5) is 31.7. The molecule has 0 radical (unpaired) electrons. The van der Waals surface area contributed by atoms with E-state index in [0.29, 0.717) is 36.7 Å². The Morgan fingerprint density at radius 2 is 1.80 bits per heavy atom. The maximum absolute atomic E-state index is 13.4. The highest BCUT2D eigenvalue weighted by Gasteiger charge is 2.72. The van der Waals surface area contributed by atoms with E-state index < -0.39 is 0 Å². The van der Waals surface area contributed by atoms with Crippen LogP contribution in [-0.4, -0.2) is 64.3 Å². The van der Waals surface area contributed by atoms with Crippen LogP contribution in [0.1, 0.15) is 60.0 Å². The minimum Gasteiger partial charge on any atom is -0.333 e. The predicted octanol–water partition coefficient (Wildman–Crippen LogP) is 3.97. The third-order valence-electron chi connectivity index (χ3n) is 10.1. The fourth-order valence-corrected chi connectivity index (χ4v) is 8.44. The second-order valence-electron chi connectivity index (χ2n) is 11.5. The molecule has 2 saturated carbocycles. The standard InChI is InChI=1S/C29H32FN3O2/c30-23-8-5-20(6-9-23)27(35)32-17-21-3-1-2-4-25(21)28(18-32)11-13-31(14-12-28)24-15-22-7-10-26-29(22,16-24)33(26)19-34/h1-6,8-9,19,22,24,26H,7,10-18H2/t22?,24?,26?,29-,33?/m0/s1. The fraction of sp³-hybridized carbons (Fsp3) is 0.517. The number of hydrogen-bond acceptors (Lipinski definition) is 3. The number of benzene rings is 2. The molecule has 3 aliphatic heterocycles. The van der Waals surface area contributed by atoms with Gasteiger partial charge in [0.05, 0.1) is 11.6 Å². The SMILES string of the molecule is O=CN1C2CCC3CC(N4CCC5(CC4)CN(C(=O)c4ccc(F)cc4)Cc4ccccc45)C[C@]321. The van der Waals surface area contributed by atoms with E-state index in [4.69, 9.17) is 0 Å². The van der Waals surface area contributed by atoms with Crippen LogP contribution < -0.4 is 0 Å². The maximum Gasteiger partial charge on any atom is 0.254 e.